The second-order valence-corrected chi connectivity index (χ2v) is 7.93. The highest BCUT2D eigenvalue weighted by Crippen LogP contribution is 2.22. The summed E-state index contributed by atoms with van der Waals surface area (Å²) in [6.07, 6.45) is 0.943. The van der Waals surface area contributed by atoms with Gasteiger partial charge in [-0.1, -0.05) is 0 Å². The van der Waals surface area contributed by atoms with Gasteiger partial charge in [-0.2, -0.15) is 0 Å². The van der Waals surface area contributed by atoms with Gasteiger partial charge in [-0.05, 0) is 48.3 Å². The van der Waals surface area contributed by atoms with Crippen LogP contribution in [0.25, 0.3) is 0 Å². The summed E-state index contributed by atoms with van der Waals surface area (Å²) in [6.45, 7) is 7.73. The number of morpholine rings is 1. The smallest absolute Gasteiger partial charge is 0.255 e. The minimum Gasteiger partial charge on any atom is -0.453 e. The highest BCUT2D eigenvalue weighted by molar-refractivity contribution is 9.10. The Hall–Kier alpha value is -1.64. The molecule has 140 valence electrons. The highest BCUT2D eigenvalue weighted by Gasteiger charge is 2.27. The molecule has 0 radical (unpaired) electrons. The molecule has 0 aromatic carbocycles. The fourth-order valence-electron chi connectivity index (χ4n) is 3.77. The summed E-state index contributed by atoms with van der Waals surface area (Å²) >= 11 is 3.34. The van der Waals surface area contributed by atoms with E-state index in [0.717, 1.165) is 41.3 Å². The van der Waals surface area contributed by atoms with Crippen LogP contribution in [0.5, 0.6) is 0 Å². The van der Waals surface area contributed by atoms with Crippen LogP contribution in [0.1, 0.15) is 30.9 Å². The third-order valence-corrected chi connectivity index (χ3v) is 5.29. The van der Waals surface area contributed by atoms with Gasteiger partial charge in [0.15, 0.2) is 4.67 Å². The standard InChI is InChI=1S/C18H23BrN4O3/c1-11-7-23(8-12(2)25-11)18-20-15-10-22(6-5-14(15)17(24)21-18)9-13-3-4-16(19)26-13/h3-4,11-12H,5-10H2,1-2H3,(H,20,21,24). The van der Waals surface area contributed by atoms with E-state index in [0.29, 0.717) is 25.5 Å². The number of fused-ring (bicyclic) bond motifs is 1. The fraction of sp³-hybridized carbons (Fsp3) is 0.556. The van der Waals surface area contributed by atoms with Crippen LogP contribution < -0.4 is 10.5 Å². The lowest BCUT2D eigenvalue weighted by molar-refractivity contribution is -0.00576. The van der Waals surface area contributed by atoms with Gasteiger partial charge in [0.05, 0.1) is 24.4 Å². The summed E-state index contributed by atoms with van der Waals surface area (Å²) in [7, 11) is 0. The van der Waals surface area contributed by atoms with Gasteiger partial charge in [-0.15, -0.1) is 0 Å². The van der Waals surface area contributed by atoms with Gasteiger partial charge in [0.1, 0.15) is 5.76 Å². The third-order valence-electron chi connectivity index (χ3n) is 4.87. The number of ether oxygens (including phenoxy) is 1. The van der Waals surface area contributed by atoms with E-state index >= 15 is 0 Å². The molecule has 4 heterocycles. The number of nitrogens with one attached hydrogen (secondary N) is 1. The van der Waals surface area contributed by atoms with E-state index in [-0.39, 0.29) is 17.8 Å². The van der Waals surface area contributed by atoms with Crippen molar-refractivity contribution < 1.29 is 9.15 Å². The molecular weight excluding hydrogens is 400 g/mol. The number of aromatic amines is 1. The number of aromatic nitrogens is 2. The minimum atomic E-state index is -0.0165. The monoisotopic (exact) mass is 422 g/mol. The Kier molecular flexibility index (Phi) is 4.90. The van der Waals surface area contributed by atoms with Crippen molar-refractivity contribution in [3.63, 3.8) is 0 Å². The lowest BCUT2D eigenvalue weighted by Gasteiger charge is -2.36. The zero-order valence-electron chi connectivity index (χ0n) is 15.0. The van der Waals surface area contributed by atoms with E-state index in [4.69, 9.17) is 14.1 Å². The lowest BCUT2D eigenvalue weighted by Crippen LogP contribution is -2.47. The normalized spacial score (nSPS) is 23.9. The highest BCUT2D eigenvalue weighted by atomic mass is 79.9. The molecule has 0 saturated carbocycles. The predicted octanol–water partition coefficient (Wildman–Crippen LogP) is 2.30. The number of hydrogen-bond acceptors (Lipinski definition) is 6. The first-order valence-corrected chi connectivity index (χ1v) is 9.76. The van der Waals surface area contributed by atoms with Gasteiger partial charge in [0, 0.05) is 31.7 Å². The Labute approximate surface area is 160 Å². The Morgan fingerprint density at radius 2 is 2.08 bits per heavy atom. The molecule has 8 heteroatoms. The average molecular weight is 423 g/mol. The maximum Gasteiger partial charge on any atom is 0.255 e. The second-order valence-electron chi connectivity index (χ2n) is 7.14. The van der Waals surface area contributed by atoms with E-state index in [1.807, 2.05) is 26.0 Å². The molecule has 0 amide bonds. The van der Waals surface area contributed by atoms with Crippen molar-refractivity contribution in [3.8, 4) is 0 Å². The van der Waals surface area contributed by atoms with Gasteiger partial charge in [0.25, 0.3) is 5.56 Å². The van der Waals surface area contributed by atoms with E-state index in [1.54, 1.807) is 0 Å². The van der Waals surface area contributed by atoms with Crippen LogP contribution in [0, 0.1) is 0 Å². The zero-order chi connectivity index (χ0) is 18.3. The van der Waals surface area contributed by atoms with E-state index < -0.39 is 0 Å². The van der Waals surface area contributed by atoms with Crippen LogP contribution in [0.2, 0.25) is 0 Å². The molecule has 1 N–H and O–H groups in total. The van der Waals surface area contributed by atoms with Gasteiger partial charge in [-0.3, -0.25) is 14.7 Å². The lowest BCUT2D eigenvalue weighted by atomic mass is 10.1. The zero-order valence-corrected chi connectivity index (χ0v) is 16.6. The first-order chi connectivity index (χ1) is 12.5. The average Bonchev–Trinajstić information content (AvgIpc) is 2.98. The molecule has 2 aliphatic heterocycles. The van der Waals surface area contributed by atoms with Crippen LogP contribution in [0.3, 0.4) is 0 Å². The molecule has 26 heavy (non-hydrogen) atoms. The van der Waals surface area contributed by atoms with Crippen molar-refractivity contribution in [3.05, 3.63) is 44.2 Å². The molecule has 0 spiro atoms. The maximum absolute atomic E-state index is 12.6. The summed E-state index contributed by atoms with van der Waals surface area (Å²) in [5, 5.41) is 0. The Morgan fingerprint density at radius 1 is 1.31 bits per heavy atom. The molecular formula is C18H23BrN4O3. The molecule has 2 aromatic heterocycles. The second kappa shape index (κ2) is 7.17. The first-order valence-electron chi connectivity index (χ1n) is 8.97. The maximum atomic E-state index is 12.6. The van der Waals surface area contributed by atoms with Crippen molar-refractivity contribution in [2.24, 2.45) is 0 Å². The van der Waals surface area contributed by atoms with Crippen LogP contribution in [0.4, 0.5) is 5.95 Å². The van der Waals surface area contributed by atoms with Gasteiger partial charge in [0.2, 0.25) is 5.95 Å². The van der Waals surface area contributed by atoms with E-state index in [1.165, 1.54) is 0 Å². The Balaban J connectivity index is 1.55. The van der Waals surface area contributed by atoms with Crippen LogP contribution in [-0.4, -0.2) is 46.7 Å². The molecule has 4 rings (SSSR count). The topological polar surface area (TPSA) is 74.6 Å². The molecule has 1 fully saturated rings. The first kappa shape index (κ1) is 17.8. The molecule has 2 aliphatic rings. The number of rotatable bonds is 3. The van der Waals surface area contributed by atoms with Gasteiger partial charge >= 0.3 is 0 Å². The van der Waals surface area contributed by atoms with Crippen molar-refractivity contribution >= 4 is 21.9 Å². The van der Waals surface area contributed by atoms with Crippen LogP contribution in [-0.2, 0) is 24.2 Å². The van der Waals surface area contributed by atoms with Crippen LogP contribution >= 0.6 is 15.9 Å². The van der Waals surface area contributed by atoms with Crippen molar-refractivity contribution in [2.45, 2.75) is 45.6 Å². The molecule has 2 aromatic rings. The van der Waals surface area contributed by atoms with Crippen molar-refractivity contribution in [2.75, 3.05) is 24.5 Å². The molecule has 7 nitrogen and oxygen atoms in total. The predicted molar refractivity (Wildman–Crippen MR) is 101 cm³/mol. The number of halogens is 1. The van der Waals surface area contributed by atoms with Gasteiger partial charge < -0.3 is 14.1 Å². The number of furan rings is 1. The number of H-pyrrole nitrogens is 1. The summed E-state index contributed by atoms with van der Waals surface area (Å²) in [5.74, 6) is 1.56. The minimum absolute atomic E-state index is 0.0165. The number of hydrogen-bond donors (Lipinski definition) is 1. The fourth-order valence-corrected chi connectivity index (χ4v) is 4.11. The van der Waals surface area contributed by atoms with Gasteiger partial charge in [-0.25, -0.2) is 4.98 Å². The molecule has 2 atom stereocenters. The van der Waals surface area contributed by atoms with Crippen LogP contribution in [0.15, 0.2) is 26.0 Å². The molecule has 0 bridgehead atoms. The third kappa shape index (κ3) is 3.72. The Bertz CT molecular complexity index is 839. The Morgan fingerprint density at radius 3 is 2.77 bits per heavy atom. The molecule has 2 unspecified atom stereocenters. The summed E-state index contributed by atoms with van der Waals surface area (Å²) in [6, 6.07) is 3.86. The summed E-state index contributed by atoms with van der Waals surface area (Å²) in [5.41, 5.74) is 1.66. The summed E-state index contributed by atoms with van der Waals surface area (Å²) < 4.78 is 12.1. The molecule has 1 saturated heterocycles. The van der Waals surface area contributed by atoms with Crippen molar-refractivity contribution in [1.82, 2.24) is 14.9 Å². The van der Waals surface area contributed by atoms with Crippen molar-refractivity contribution in [1.29, 1.82) is 0 Å². The quantitative estimate of drug-likeness (QED) is 0.817. The molecule has 0 aliphatic carbocycles. The summed E-state index contributed by atoms with van der Waals surface area (Å²) in [4.78, 5) is 24.7. The number of anilines is 1. The largest absolute Gasteiger partial charge is 0.453 e. The SMILES string of the molecule is CC1CN(c2nc3c(c(=O)[nH]2)CCN(Cc2ccc(Br)o2)C3)CC(C)O1. The number of nitrogens with zero attached hydrogens (tertiary/aromatic N) is 3. The van der Waals surface area contributed by atoms with E-state index in [2.05, 4.69) is 30.7 Å². The van der Waals surface area contributed by atoms with E-state index in [9.17, 15) is 4.79 Å².